The molecule has 3 rings (SSSR count). The van der Waals surface area contributed by atoms with Gasteiger partial charge in [0.1, 0.15) is 0 Å². The molecule has 110 valence electrons. The summed E-state index contributed by atoms with van der Waals surface area (Å²) in [5, 5.41) is 6.53. The quantitative estimate of drug-likeness (QED) is 0.852. The van der Waals surface area contributed by atoms with Crippen molar-refractivity contribution in [2.24, 2.45) is 5.92 Å². The fraction of sp³-hybridized carbons (Fsp3) is 0.533. The number of fused-ring (bicyclic) bond motifs is 1. The van der Waals surface area contributed by atoms with Crippen LogP contribution in [0.5, 0.6) is 0 Å². The van der Waals surface area contributed by atoms with E-state index < -0.39 is 0 Å². The highest BCUT2D eigenvalue weighted by Crippen LogP contribution is 2.35. The largest absolute Gasteiger partial charge is 0.349 e. The van der Waals surface area contributed by atoms with Crippen LogP contribution in [0.4, 0.5) is 0 Å². The number of amides is 1. The van der Waals surface area contributed by atoms with Crippen molar-refractivity contribution < 1.29 is 4.79 Å². The number of hydrogen-bond acceptors (Lipinski definition) is 2. The number of rotatable bonds is 2. The Bertz CT molecular complexity index is 489. The predicted octanol–water partition coefficient (Wildman–Crippen LogP) is 2.97. The molecule has 1 aliphatic heterocycles. The molecule has 1 aromatic rings. The summed E-state index contributed by atoms with van der Waals surface area (Å²) in [6.45, 7) is 1.87. The number of carbonyl (C=O) groups is 1. The summed E-state index contributed by atoms with van der Waals surface area (Å²) in [4.78, 5) is 12.3. The number of piperidine rings is 1. The first-order valence-corrected chi connectivity index (χ1v) is 7.83. The van der Waals surface area contributed by atoms with Crippen LogP contribution < -0.4 is 10.6 Å². The highest BCUT2D eigenvalue weighted by atomic mass is 79.9. The fourth-order valence-corrected chi connectivity index (χ4v) is 3.70. The predicted molar refractivity (Wildman–Crippen MR) is 86.2 cm³/mol. The molecule has 0 saturated carbocycles. The third-order valence-corrected chi connectivity index (χ3v) is 4.94. The molecule has 1 aromatic carbocycles. The van der Waals surface area contributed by atoms with Crippen LogP contribution in [0.3, 0.4) is 0 Å². The second-order valence-corrected chi connectivity index (χ2v) is 6.31. The normalized spacial score (nSPS) is 24.6. The number of halogens is 2. The lowest BCUT2D eigenvalue weighted by Crippen LogP contribution is -2.41. The first-order chi connectivity index (χ1) is 9.25. The molecule has 2 N–H and O–H groups in total. The molecule has 0 bridgehead atoms. The lowest BCUT2D eigenvalue weighted by atomic mass is 9.98. The number of hydrogen-bond donors (Lipinski definition) is 2. The van der Waals surface area contributed by atoms with Gasteiger partial charge in [-0.25, -0.2) is 0 Å². The van der Waals surface area contributed by atoms with Crippen molar-refractivity contribution in [3.63, 3.8) is 0 Å². The summed E-state index contributed by atoms with van der Waals surface area (Å²) in [5.74, 6) is 0.356. The molecule has 1 amide bonds. The Hall–Kier alpha value is -0.580. The molecule has 0 aromatic heterocycles. The van der Waals surface area contributed by atoms with Gasteiger partial charge >= 0.3 is 0 Å². The monoisotopic (exact) mass is 358 g/mol. The van der Waals surface area contributed by atoms with Crippen LogP contribution in [-0.4, -0.2) is 19.0 Å². The standard InChI is InChI=1S/C15H19BrN2O.ClH/c16-13-5-1-4-12-11(13)6-7-14(12)18-15(19)10-3-2-8-17-9-10;/h1,4-5,10,14,17H,2-3,6-9H2,(H,18,19);1H. The maximum atomic E-state index is 12.3. The minimum Gasteiger partial charge on any atom is -0.349 e. The summed E-state index contributed by atoms with van der Waals surface area (Å²) in [7, 11) is 0. The van der Waals surface area contributed by atoms with Gasteiger partial charge in [0.05, 0.1) is 12.0 Å². The highest BCUT2D eigenvalue weighted by Gasteiger charge is 2.28. The van der Waals surface area contributed by atoms with Crippen molar-refractivity contribution in [3.8, 4) is 0 Å². The molecule has 3 nitrogen and oxygen atoms in total. The van der Waals surface area contributed by atoms with E-state index in [0.717, 1.165) is 38.8 Å². The summed E-state index contributed by atoms with van der Waals surface area (Å²) in [6.07, 6.45) is 4.18. The molecule has 0 spiro atoms. The molecule has 1 aliphatic carbocycles. The van der Waals surface area contributed by atoms with Crippen LogP contribution in [0.25, 0.3) is 0 Å². The zero-order valence-corrected chi connectivity index (χ0v) is 13.7. The molecular formula is C15H20BrClN2O. The number of nitrogens with one attached hydrogen (secondary N) is 2. The minimum atomic E-state index is 0. The van der Waals surface area contributed by atoms with Crippen molar-refractivity contribution >= 4 is 34.2 Å². The van der Waals surface area contributed by atoms with Crippen LogP contribution in [0.1, 0.15) is 36.4 Å². The molecule has 2 atom stereocenters. The molecule has 2 aliphatic rings. The van der Waals surface area contributed by atoms with E-state index in [1.54, 1.807) is 0 Å². The van der Waals surface area contributed by atoms with Gasteiger partial charge in [0.25, 0.3) is 0 Å². The summed E-state index contributed by atoms with van der Waals surface area (Å²) in [6, 6.07) is 6.46. The maximum absolute atomic E-state index is 12.3. The van der Waals surface area contributed by atoms with Gasteiger partial charge in [-0.05, 0) is 49.4 Å². The van der Waals surface area contributed by atoms with Gasteiger partial charge in [-0.2, -0.15) is 0 Å². The topological polar surface area (TPSA) is 41.1 Å². The third-order valence-electron chi connectivity index (χ3n) is 4.20. The highest BCUT2D eigenvalue weighted by molar-refractivity contribution is 9.10. The van der Waals surface area contributed by atoms with Gasteiger partial charge in [-0.15, -0.1) is 12.4 Å². The Morgan fingerprint density at radius 2 is 2.20 bits per heavy atom. The average molecular weight is 360 g/mol. The van der Waals surface area contributed by atoms with Crippen LogP contribution in [0.15, 0.2) is 22.7 Å². The molecule has 5 heteroatoms. The molecule has 20 heavy (non-hydrogen) atoms. The van der Waals surface area contributed by atoms with Gasteiger partial charge in [-0.1, -0.05) is 28.1 Å². The molecule has 1 heterocycles. The summed E-state index contributed by atoms with van der Waals surface area (Å²) in [5.41, 5.74) is 2.64. The Labute approximate surface area is 134 Å². The Kier molecular flexibility index (Phi) is 5.47. The van der Waals surface area contributed by atoms with E-state index in [4.69, 9.17) is 0 Å². The first-order valence-electron chi connectivity index (χ1n) is 7.04. The van der Waals surface area contributed by atoms with Gasteiger partial charge in [0.15, 0.2) is 0 Å². The zero-order valence-electron chi connectivity index (χ0n) is 11.3. The van der Waals surface area contributed by atoms with Gasteiger partial charge in [-0.3, -0.25) is 4.79 Å². The van der Waals surface area contributed by atoms with E-state index in [1.807, 2.05) is 0 Å². The molecular weight excluding hydrogens is 340 g/mol. The molecule has 2 unspecified atom stereocenters. The molecule has 0 radical (unpaired) electrons. The van der Waals surface area contributed by atoms with Crippen molar-refractivity contribution in [1.82, 2.24) is 10.6 Å². The summed E-state index contributed by atoms with van der Waals surface area (Å²) >= 11 is 3.59. The maximum Gasteiger partial charge on any atom is 0.224 e. The van der Waals surface area contributed by atoms with Crippen molar-refractivity contribution in [1.29, 1.82) is 0 Å². The van der Waals surface area contributed by atoms with Crippen molar-refractivity contribution in [2.75, 3.05) is 13.1 Å². The van der Waals surface area contributed by atoms with E-state index in [2.05, 4.69) is 44.8 Å². The van der Waals surface area contributed by atoms with Crippen LogP contribution >= 0.6 is 28.3 Å². The smallest absolute Gasteiger partial charge is 0.224 e. The lowest BCUT2D eigenvalue weighted by molar-refractivity contribution is -0.126. The minimum absolute atomic E-state index is 0. The van der Waals surface area contributed by atoms with Crippen LogP contribution in [-0.2, 0) is 11.2 Å². The second-order valence-electron chi connectivity index (χ2n) is 5.45. The number of benzene rings is 1. The van der Waals surface area contributed by atoms with E-state index in [0.29, 0.717) is 0 Å². The van der Waals surface area contributed by atoms with E-state index in [9.17, 15) is 4.79 Å². The van der Waals surface area contributed by atoms with Crippen molar-refractivity contribution in [3.05, 3.63) is 33.8 Å². The summed E-state index contributed by atoms with van der Waals surface area (Å²) < 4.78 is 1.17. The SMILES string of the molecule is Cl.O=C(NC1CCc2c(Br)cccc21)C1CCCNC1. The fourth-order valence-electron chi connectivity index (χ4n) is 3.12. The van der Waals surface area contributed by atoms with E-state index in [1.165, 1.54) is 15.6 Å². The second kappa shape index (κ2) is 6.92. The Morgan fingerprint density at radius 1 is 1.35 bits per heavy atom. The zero-order chi connectivity index (χ0) is 13.2. The van der Waals surface area contributed by atoms with E-state index in [-0.39, 0.29) is 30.3 Å². The van der Waals surface area contributed by atoms with Gasteiger partial charge in [0, 0.05) is 11.0 Å². The first kappa shape index (κ1) is 15.8. The Morgan fingerprint density at radius 3 is 2.95 bits per heavy atom. The third kappa shape index (κ3) is 3.18. The molecule has 1 saturated heterocycles. The number of carbonyl (C=O) groups excluding carboxylic acids is 1. The van der Waals surface area contributed by atoms with Crippen LogP contribution in [0, 0.1) is 5.92 Å². The lowest BCUT2D eigenvalue weighted by Gasteiger charge is -2.24. The van der Waals surface area contributed by atoms with Gasteiger partial charge < -0.3 is 10.6 Å². The van der Waals surface area contributed by atoms with Crippen molar-refractivity contribution in [2.45, 2.75) is 31.7 Å². The van der Waals surface area contributed by atoms with Gasteiger partial charge in [0.2, 0.25) is 5.91 Å². The Balaban J connectivity index is 0.00000147. The van der Waals surface area contributed by atoms with E-state index >= 15 is 0 Å². The average Bonchev–Trinajstić information content (AvgIpc) is 2.84. The molecule has 1 fully saturated rings. The van der Waals surface area contributed by atoms with Crippen LogP contribution in [0.2, 0.25) is 0 Å².